The lowest BCUT2D eigenvalue weighted by atomic mass is 10.2. The zero-order valence-corrected chi connectivity index (χ0v) is 9.80. The number of carbonyl (C=O) groups is 1. The van der Waals surface area contributed by atoms with Gasteiger partial charge in [-0.05, 0) is 37.6 Å². The number of hydrogen-bond donors (Lipinski definition) is 0. The summed E-state index contributed by atoms with van der Waals surface area (Å²) >= 11 is 0. The molecule has 0 spiro atoms. The van der Waals surface area contributed by atoms with E-state index in [4.69, 9.17) is 14.2 Å². The molecule has 0 bridgehead atoms. The van der Waals surface area contributed by atoms with E-state index in [1.54, 1.807) is 6.08 Å². The summed E-state index contributed by atoms with van der Waals surface area (Å²) in [5, 5.41) is 0. The molecule has 1 aliphatic heterocycles. The third-order valence-corrected chi connectivity index (χ3v) is 2.16. The van der Waals surface area contributed by atoms with Gasteiger partial charge in [0, 0.05) is 6.08 Å². The standard InChI is InChI=1S/C13H14O4/c1-9(2)17-13(14)6-4-10-3-5-11-12(7-10)16-8-15-11/h3-7,9H,8H2,1-2H3/b6-4+. The van der Waals surface area contributed by atoms with Gasteiger partial charge < -0.3 is 14.2 Å². The van der Waals surface area contributed by atoms with Crippen LogP contribution in [0.4, 0.5) is 0 Å². The number of hydrogen-bond acceptors (Lipinski definition) is 4. The van der Waals surface area contributed by atoms with Crippen LogP contribution in [0.15, 0.2) is 24.3 Å². The first-order valence-electron chi connectivity index (χ1n) is 5.43. The first kappa shape index (κ1) is 11.5. The summed E-state index contributed by atoms with van der Waals surface area (Å²) in [5.74, 6) is 1.08. The average molecular weight is 234 g/mol. The lowest BCUT2D eigenvalue weighted by Crippen LogP contribution is -2.08. The summed E-state index contributed by atoms with van der Waals surface area (Å²) in [5.41, 5.74) is 0.870. The largest absolute Gasteiger partial charge is 0.460 e. The molecule has 0 radical (unpaired) electrons. The summed E-state index contributed by atoms with van der Waals surface area (Å²) in [6.45, 7) is 3.87. The Hall–Kier alpha value is -1.97. The Balaban J connectivity index is 2.04. The molecular formula is C13H14O4. The van der Waals surface area contributed by atoms with Crippen LogP contribution >= 0.6 is 0 Å². The maximum absolute atomic E-state index is 11.3. The zero-order valence-electron chi connectivity index (χ0n) is 9.80. The zero-order chi connectivity index (χ0) is 12.3. The van der Waals surface area contributed by atoms with Crippen LogP contribution in [-0.4, -0.2) is 18.9 Å². The maximum atomic E-state index is 11.3. The second kappa shape index (κ2) is 4.91. The van der Waals surface area contributed by atoms with Crippen molar-refractivity contribution in [1.29, 1.82) is 0 Å². The summed E-state index contributed by atoms with van der Waals surface area (Å²) in [4.78, 5) is 11.3. The molecule has 90 valence electrons. The molecule has 0 fully saturated rings. The molecule has 0 unspecified atom stereocenters. The minimum Gasteiger partial charge on any atom is -0.460 e. The highest BCUT2D eigenvalue weighted by molar-refractivity contribution is 5.87. The van der Waals surface area contributed by atoms with Crippen molar-refractivity contribution in [2.75, 3.05) is 6.79 Å². The molecule has 1 aliphatic rings. The third-order valence-electron chi connectivity index (χ3n) is 2.16. The Labute approximate surface area is 99.8 Å². The van der Waals surface area contributed by atoms with Gasteiger partial charge in [0.15, 0.2) is 11.5 Å². The summed E-state index contributed by atoms with van der Waals surface area (Å²) in [6.07, 6.45) is 2.98. The van der Waals surface area contributed by atoms with E-state index in [0.29, 0.717) is 5.75 Å². The van der Waals surface area contributed by atoms with Gasteiger partial charge in [0.05, 0.1) is 6.10 Å². The minimum atomic E-state index is -0.349. The second-order valence-electron chi connectivity index (χ2n) is 3.93. The predicted molar refractivity (Wildman–Crippen MR) is 62.8 cm³/mol. The van der Waals surface area contributed by atoms with Crippen molar-refractivity contribution < 1.29 is 19.0 Å². The molecule has 4 nitrogen and oxygen atoms in total. The van der Waals surface area contributed by atoms with E-state index in [1.165, 1.54) is 6.08 Å². The van der Waals surface area contributed by atoms with Crippen LogP contribution in [0.3, 0.4) is 0 Å². The summed E-state index contributed by atoms with van der Waals surface area (Å²) in [7, 11) is 0. The van der Waals surface area contributed by atoms with Gasteiger partial charge in [-0.2, -0.15) is 0 Å². The second-order valence-corrected chi connectivity index (χ2v) is 3.93. The topological polar surface area (TPSA) is 44.8 Å². The van der Waals surface area contributed by atoms with Gasteiger partial charge in [0.2, 0.25) is 6.79 Å². The van der Waals surface area contributed by atoms with Gasteiger partial charge in [-0.25, -0.2) is 4.79 Å². The van der Waals surface area contributed by atoms with Crippen LogP contribution in [0.1, 0.15) is 19.4 Å². The number of fused-ring (bicyclic) bond motifs is 1. The highest BCUT2D eigenvalue weighted by Gasteiger charge is 2.12. The van der Waals surface area contributed by atoms with Crippen molar-refractivity contribution in [3.63, 3.8) is 0 Å². The first-order chi connectivity index (χ1) is 8.15. The highest BCUT2D eigenvalue weighted by Crippen LogP contribution is 2.32. The van der Waals surface area contributed by atoms with Crippen molar-refractivity contribution >= 4 is 12.0 Å². The minimum absolute atomic E-state index is 0.107. The van der Waals surface area contributed by atoms with Crippen molar-refractivity contribution in [2.45, 2.75) is 20.0 Å². The molecule has 1 aromatic carbocycles. The van der Waals surface area contributed by atoms with Crippen molar-refractivity contribution in [1.82, 2.24) is 0 Å². The van der Waals surface area contributed by atoms with E-state index >= 15 is 0 Å². The van der Waals surface area contributed by atoms with Crippen molar-refractivity contribution in [3.05, 3.63) is 29.8 Å². The van der Waals surface area contributed by atoms with E-state index in [1.807, 2.05) is 32.0 Å². The number of rotatable bonds is 3. The van der Waals surface area contributed by atoms with E-state index in [0.717, 1.165) is 11.3 Å². The molecule has 1 heterocycles. The molecule has 0 saturated carbocycles. The molecule has 0 saturated heterocycles. The average Bonchev–Trinajstić information content (AvgIpc) is 2.72. The molecule has 0 aromatic heterocycles. The summed E-state index contributed by atoms with van der Waals surface area (Å²) in [6, 6.07) is 5.49. The van der Waals surface area contributed by atoms with Gasteiger partial charge in [-0.15, -0.1) is 0 Å². The van der Waals surface area contributed by atoms with Crippen LogP contribution in [0, 0.1) is 0 Å². The Morgan fingerprint density at radius 3 is 2.88 bits per heavy atom. The summed E-state index contributed by atoms with van der Waals surface area (Å²) < 4.78 is 15.4. The van der Waals surface area contributed by atoms with Gasteiger partial charge >= 0.3 is 5.97 Å². The molecule has 0 N–H and O–H groups in total. The monoisotopic (exact) mass is 234 g/mol. The van der Waals surface area contributed by atoms with Gasteiger partial charge in [0.1, 0.15) is 0 Å². The fourth-order valence-corrected chi connectivity index (χ4v) is 1.45. The van der Waals surface area contributed by atoms with Crippen LogP contribution in [0.2, 0.25) is 0 Å². The Morgan fingerprint density at radius 2 is 2.12 bits per heavy atom. The number of benzene rings is 1. The van der Waals surface area contributed by atoms with Crippen LogP contribution in [0.5, 0.6) is 11.5 Å². The first-order valence-corrected chi connectivity index (χ1v) is 5.43. The SMILES string of the molecule is CC(C)OC(=O)/C=C/c1ccc2c(c1)OCO2. The quantitative estimate of drug-likeness (QED) is 0.595. The Bertz CT molecular complexity index is 449. The molecular weight excluding hydrogens is 220 g/mol. The maximum Gasteiger partial charge on any atom is 0.331 e. The molecule has 0 amide bonds. The third kappa shape index (κ3) is 3.00. The fourth-order valence-electron chi connectivity index (χ4n) is 1.45. The molecule has 0 aliphatic carbocycles. The molecule has 0 atom stereocenters. The number of carbonyl (C=O) groups excluding carboxylic acids is 1. The van der Waals surface area contributed by atoms with E-state index in [2.05, 4.69) is 0 Å². The fraction of sp³-hybridized carbons (Fsp3) is 0.308. The molecule has 4 heteroatoms. The van der Waals surface area contributed by atoms with Crippen molar-refractivity contribution in [3.8, 4) is 11.5 Å². The number of ether oxygens (including phenoxy) is 3. The van der Waals surface area contributed by atoms with Gasteiger partial charge in [-0.3, -0.25) is 0 Å². The van der Waals surface area contributed by atoms with Gasteiger partial charge in [-0.1, -0.05) is 6.07 Å². The Morgan fingerprint density at radius 1 is 1.35 bits per heavy atom. The van der Waals surface area contributed by atoms with E-state index in [-0.39, 0.29) is 18.9 Å². The van der Waals surface area contributed by atoms with Crippen LogP contribution in [-0.2, 0) is 9.53 Å². The normalized spacial score (nSPS) is 13.4. The van der Waals surface area contributed by atoms with Crippen LogP contribution in [0.25, 0.3) is 6.08 Å². The van der Waals surface area contributed by atoms with Crippen LogP contribution < -0.4 is 9.47 Å². The van der Waals surface area contributed by atoms with Gasteiger partial charge in [0.25, 0.3) is 0 Å². The Kier molecular flexibility index (Phi) is 3.32. The van der Waals surface area contributed by atoms with E-state index in [9.17, 15) is 4.79 Å². The molecule has 2 rings (SSSR count). The predicted octanol–water partition coefficient (Wildman–Crippen LogP) is 2.38. The lowest BCUT2D eigenvalue weighted by Gasteiger charge is -2.03. The molecule has 17 heavy (non-hydrogen) atoms. The van der Waals surface area contributed by atoms with Crippen molar-refractivity contribution in [2.24, 2.45) is 0 Å². The van der Waals surface area contributed by atoms with E-state index < -0.39 is 0 Å². The smallest absolute Gasteiger partial charge is 0.331 e. The lowest BCUT2D eigenvalue weighted by molar-refractivity contribution is -0.141. The number of esters is 1. The highest BCUT2D eigenvalue weighted by atomic mass is 16.7. The molecule has 1 aromatic rings.